The zero-order valence-corrected chi connectivity index (χ0v) is 6.39. The average Bonchev–Trinajstić information content (AvgIpc) is 2.32. The van der Waals surface area contributed by atoms with Crippen molar-refractivity contribution in [1.29, 1.82) is 0 Å². The van der Waals surface area contributed by atoms with Crippen LogP contribution >= 0.6 is 0 Å². The van der Waals surface area contributed by atoms with E-state index in [9.17, 15) is 5.21 Å². The van der Waals surface area contributed by atoms with E-state index in [-0.39, 0.29) is 5.82 Å². The molecule has 2 heterocycles. The minimum Gasteiger partial charge on any atom is -0.425 e. The fourth-order valence-electron chi connectivity index (χ4n) is 1.01. The van der Waals surface area contributed by atoms with Crippen LogP contribution in [0.3, 0.4) is 0 Å². The van der Waals surface area contributed by atoms with Crippen LogP contribution in [0.15, 0.2) is 6.33 Å². The third-order valence-corrected chi connectivity index (χ3v) is 1.61. The Bertz CT molecular complexity index is 435. The van der Waals surface area contributed by atoms with Gasteiger partial charge >= 0.3 is 0 Å². The standard InChI is InChI=1S/C6H7N5O/c1-3-10-4-5(7)8-2-9-6(4)11(3)12/h2,12H,1H3,(H2,7,8,9). The van der Waals surface area contributed by atoms with Gasteiger partial charge in [0.2, 0.25) is 5.65 Å². The summed E-state index contributed by atoms with van der Waals surface area (Å²) in [5.74, 6) is 0.716. The average molecular weight is 165 g/mol. The SMILES string of the molecule is Cc1nc2c(N)ncnc2n1O. The maximum absolute atomic E-state index is 9.33. The highest BCUT2D eigenvalue weighted by Gasteiger charge is 2.09. The predicted molar refractivity (Wildman–Crippen MR) is 41.7 cm³/mol. The van der Waals surface area contributed by atoms with Crippen molar-refractivity contribution in [1.82, 2.24) is 19.7 Å². The highest BCUT2D eigenvalue weighted by atomic mass is 16.5. The number of nitrogen functional groups attached to an aromatic ring is 1. The third-order valence-electron chi connectivity index (χ3n) is 1.61. The van der Waals surface area contributed by atoms with E-state index in [0.717, 1.165) is 4.73 Å². The molecule has 0 atom stereocenters. The monoisotopic (exact) mass is 165 g/mol. The Labute approximate surface area is 67.6 Å². The van der Waals surface area contributed by atoms with Crippen LogP contribution in [0.25, 0.3) is 11.2 Å². The number of hydrogen-bond acceptors (Lipinski definition) is 5. The first-order valence-electron chi connectivity index (χ1n) is 3.35. The zero-order valence-electron chi connectivity index (χ0n) is 6.39. The molecule has 0 bridgehead atoms. The van der Waals surface area contributed by atoms with Gasteiger partial charge in [-0.3, -0.25) is 0 Å². The second kappa shape index (κ2) is 2.07. The Morgan fingerprint density at radius 3 is 2.92 bits per heavy atom. The van der Waals surface area contributed by atoms with Gasteiger partial charge in [-0.15, -0.1) is 0 Å². The lowest BCUT2D eigenvalue weighted by Gasteiger charge is -1.93. The number of anilines is 1. The lowest BCUT2D eigenvalue weighted by molar-refractivity contribution is 0.189. The van der Waals surface area contributed by atoms with Crippen LogP contribution in [0.2, 0.25) is 0 Å². The van der Waals surface area contributed by atoms with Crippen molar-refractivity contribution in [2.75, 3.05) is 5.73 Å². The molecule has 0 aliphatic heterocycles. The molecular formula is C6H7N5O. The van der Waals surface area contributed by atoms with Gasteiger partial charge in [0.15, 0.2) is 11.3 Å². The fraction of sp³-hybridized carbons (Fsp3) is 0.167. The van der Waals surface area contributed by atoms with Crippen LogP contribution in [0, 0.1) is 6.92 Å². The van der Waals surface area contributed by atoms with Crippen LogP contribution in [0.4, 0.5) is 5.82 Å². The van der Waals surface area contributed by atoms with Crippen LogP contribution in [0.5, 0.6) is 0 Å². The molecule has 12 heavy (non-hydrogen) atoms. The summed E-state index contributed by atoms with van der Waals surface area (Å²) >= 11 is 0. The Kier molecular flexibility index (Phi) is 1.18. The summed E-state index contributed by atoms with van der Waals surface area (Å²) in [6, 6.07) is 0. The van der Waals surface area contributed by atoms with Crippen molar-refractivity contribution in [3.8, 4) is 0 Å². The lowest BCUT2D eigenvalue weighted by Crippen LogP contribution is -1.96. The number of aromatic nitrogens is 4. The van der Waals surface area contributed by atoms with E-state index in [4.69, 9.17) is 5.73 Å². The summed E-state index contributed by atoms with van der Waals surface area (Å²) in [5.41, 5.74) is 6.26. The number of rotatable bonds is 0. The summed E-state index contributed by atoms with van der Waals surface area (Å²) in [6.07, 6.45) is 1.28. The molecule has 3 N–H and O–H groups in total. The molecule has 2 aromatic rings. The minimum absolute atomic E-state index is 0.274. The quantitative estimate of drug-likeness (QED) is 0.534. The van der Waals surface area contributed by atoms with Crippen molar-refractivity contribution < 1.29 is 5.21 Å². The van der Waals surface area contributed by atoms with E-state index < -0.39 is 0 Å². The molecule has 0 fully saturated rings. The van der Waals surface area contributed by atoms with Gasteiger partial charge in [0.25, 0.3) is 0 Å². The van der Waals surface area contributed by atoms with E-state index in [0.29, 0.717) is 17.0 Å². The maximum atomic E-state index is 9.33. The van der Waals surface area contributed by atoms with Crippen LogP contribution < -0.4 is 5.73 Å². The van der Waals surface area contributed by atoms with Crippen molar-refractivity contribution in [3.05, 3.63) is 12.2 Å². The third kappa shape index (κ3) is 0.714. The van der Waals surface area contributed by atoms with Gasteiger partial charge < -0.3 is 10.9 Å². The molecule has 62 valence electrons. The Hall–Kier alpha value is -1.85. The Morgan fingerprint density at radius 1 is 1.50 bits per heavy atom. The summed E-state index contributed by atoms with van der Waals surface area (Å²) in [7, 11) is 0. The topological polar surface area (TPSA) is 89.9 Å². The number of imidazole rings is 1. The Balaban J connectivity index is 2.95. The normalized spacial score (nSPS) is 10.8. The van der Waals surface area contributed by atoms with Crippen LogP contribution in [-0.2, 0) is 0 Å². The van der Waals surface area contributed by atoms with Crippen LogP contribution in [0.1, 0.15) is 5.82 Å². The molecule has 0 aliphatic rings. The molecule has 0 aliphatic carbocycles. The summed E-state index contributed by atoms with van der Waals surface area (Å²) < 4.78 is 0.882. The summed E-state index contributed by atoms with van der Waals surface area (Å²) in [5, 5.41) is 9.33. The second-order valence-corrected chi connectivity index (χ2v) is 2.40. The number of hydrogen-bond donors (Lipinski definition) is 2. The molecule has 0 amide bonds. The van der Waals surface area contributed by atoms with E-state index >= 15 is 0 Å². The van der Waals surface area contributed by atoms with Crippen molar-refractivity contribution in [3.63, 3.8) is 0 Å². The molecule has 0 radical (unpaired) electrons. The molecule has 0 unspecified atom stereocenters. The smallest absolute Gasteiger partial charge is 0.201 e. The highest BCUT2D eigenvalue weighted by Crippen LogP contribution is 2.14. The van der Waals surface area contributed by atoms with E-state index in [2.05, 4.69) is 15.0 Å². The van der Waals surface area contributed by atoms with Gasteiger partial charge in [-0.25, -0.2) is 15.0 Å². The summed E-state index contributed by atoms with van der Waals surface area (Å²) in [4.78, 5) is 11.5. The van der Waals surface area contributed by atoms with E-state index in [1.807, 2.05) is 0 Å². The largest absolute Gasteiger partial charge is 0.425 e. The minimum atomic E-state index is 0.274. The molecule has 2 rings (SSSR count). The molecule has 6 heteroatoms. The first-order valence-corrected chi connectivity index (χ1v) is 3.35. The van der Waals surface area contributed by atoms with E-state index in [1.54, 1.807) is 6.92 Å². The zero-order chi connectivity index (χ0) is 8.72. The fourth-order valence-corrected chi connectivity index (χ4v) is 1.01. The first kappa shape index (κ1) is 6.84. The van der Waals surface area contributed by atoms with Gasteiger partial charge in [-0.1, -0.05) is 0 Å². The van der Waals surface area contributed by atoms with Crippen molar-refractivity contribution in [2.45, 2.75) is 6.92 Å². The molecule has 0 aromatic carbocycles. The summed E-state index contributed by atoms with van der Waals surface area (Å²) in [6.45, 7) is 1.65. The van der Waals surface area contributed by atoms with Gasteiger partial charge in [0, 0.05) is 0 Å². The number of fused-ring (bicyclic) bond motifs is 1. The molecule has 6 nitrogen and oxygen atoms in total. The van der Waals surface area contributed by atoms with Gasteiger partial charge in [0.1, 0.15) is 12.2 Å². The second-order valence-electron chi connectivity index (χ2n) is 2.40. The molecule has 0 saturated carbocycles. The van der Waals surface area contributed by atoms with Gasteiger partial charge in [0.05, 0.1) is 0 Å². The molecule has 2 aromatic heterocycles. The first-order chi connectivity index (χ1) is 5.70. The van der Waals surface area contributed by atoms with Crippen molar-refractivity contribution in [2.24, 2.45) is 0 Å². The molecular weight excluding hydrogens is 158 g/mol. The lowest BCUT2D eigenvalue weighted by atomic mass is 10.5. The Morgan fingerprint density at radius 2 is 2.25 bits per heavy atom. The number of nitrogens with zero attached hydrogens (tertiary/aromatic N) is 4. The highest BCUT2D eigenvalue weighted by molar-refractivity contribution is 5.81. The van der Waals surface area contributed by atoms with E-state index in [1.165, 1.54) is 6.33 Å². The van der Waals surface area contributed by atoms with Crippen LogP contribution in [-0.4, -0.2) is 24.9 Å². The number of nitrogens with two attached hydrogens (primary N) is 1. The van der Waals surface area contributed by atoms with Gasteiger partial charge in [-0.2, -0.15) is 4.73 Å². The number of aryl methyl sites for hydroxylation is 1. The predicted octanol–water partition coefficient (Wildman–Crippen LogP) is -0.0458. The molecule has 0 saturated heterocycles. The van der Waals surface area contributed by atoms with Crippen molar-refractivity contribution >= 4 is 17.0 Å². The maximum Gasteiger partial charge on any atom is 0.201 e. The molecule has 0 spiro atoms. The van der Waals surface area contributed by atoms with Gasteiger partial charge in [-0.05, 0) is 6.92 Å².